The van der Waals surface area contributed by atoms with Crippen LogP contribution in [0.4, 0.5) is 0 Å². The highest BCUT2D eigenvalue weighted by molar-refractivity contribution is 6.57. The van der Waals surface area contributed by atoms with Gasteiger partial charge in [-0.1, -0.05) is 119 Å². The van der Waals surface area contributed by atoms with Crippen molar-refractivity contribution >= 4 is 92.8 Å². The Balaban J connectivity index is 2.04. The minimum absolute atomic E-state index is 0.254. The number of hydrogen-bond donors (Lipinski definition) is 0. The number of halogens is 8. The molecule has 0 saturated carbocycles. The van der Waals surface area contributed by atoms with E-state index in [9.17, 15) is 0 Å². The van der Waals surface area contributed by atoms with Crippen molar-refractivity contribution in [2.24, 2.45) is 0 Å². The molecular weight excluding hydrogens is 532 g/mol. The summed E-state index contributed by atoms with van der Waals surface area (Å²) in [4.78, 5) is 0. The van der Waals surface area contributed by atoms with Crippen molar-refractivity contribution in [3.05, 3.63) is 0 Å². The predicted octanol–water partition coefficient (Wildman–Crippen LogP) is 6.62. The fourth-order valence-electron chi connectivity index (χ4n) is 2.01. The van der Waals surface area contributed by atoms with E-state index in [-0.39, 0.29) is 13.2 Å². The Morgan fingerprint density at radius 1 is 0.704 bits per heavy atom. The predicted molar refractivity (Wildman–Crippen MR) is 108 cm³/mol. The highest BCUT2D eigenvalue weighted by atomic mass is 35.5. The highest BCUT2D eigenvalue weighted by Crippen LogP contribution is 2.70. The second kappa shape index (κ2) is 8.57. The summed E-state index contributed by atoms with van der Waals surface area (Å²) in [5.74, 6) is 0. The average molecular weight is 550 g/mol. The number of epoxide rings is 2. The molecule has 160 valence electrons. The monoisotopic (exact) mass is 546 g/mol. The van der Waals surface area contributed by atoms with Crippen LogP contribution >= 0.6 is 92.8 Å². The summed E-state index contributed by atoms with van der Waals surface area (Å²) in [6.07, 6.45) is 3.14. The van der Waals surface area contributed by atoms with Crippen LogP contribution in [0.1, 0.15) is 39.5 Å². The molecule has 2 rings (SSSR count). The first kappa shape index (κ1) is 25.4. The topological polar surface area (TPSA) is 52.8 Å². The van der Waals surface area contributed by atoms with Crippen LogP contribution in [0.5, 0.6) is 0 Å². The SMILES string of the molecule is CCCCOC1(Cl)OC1(Cl)C(Cl)(Cl)OC(Cl)(Cl)C1(Cl)OC1(Cl)OCCCC. The molecular formula is C14H18Cl8O5. The molecule has 0 aliphatic carbocycles. The van der Waals surface area contributed by atoms with Crippen molar-refractivity contribution in [2.45, 2.75) is 69.2 Å². The molecule has 2 aliphatic heterocycles. The van der Waals surface area contributed by atoms with Crippen LogP contribution in [-0.4, -0.2) is 42.9 Å². The van der Waals surface area contributed by atoms with Crippen molar-refractivity contribution in [3.8, 4) is 0 Å². The molecule has 2 fully saturated rings. The van der Waals surface area contributed by atoms with Crippen LogP contribution in [-0.2, 0) is 23.7 Å². The number of ether oxygens (including phenoxy) is 5. The largest absolute Gasteiger partial charge is 0.334 e. The molecule has 2 aliphatic rings. The van der Waals surface area contributed by atoms with E-state index in [1.54, 1.807) is 0 Å². The lowest BCUT2D eigenvalue weighted by Gasteiger charge is -2.32. The van der Waals surface area contributed by atoms with E-state index in [1.165, 1.54) is 0 Å². The average Bonchev–Trinajstić information content (AvgIpc) is 3.31. The van der Waals surface area contributed by atoms with E-state index in [4.69, 9.17) is 116 Å². The summed E-state index contributed by atoms with van der Waals surface area (Å²) >= 11 is 49.4. The van der Waals surface area contributed by atoms with Gasteiger partial charge in [0.05, 0.1) is 13.2 Å². The molecule has 27 heavy (non-hydrogen) atoms. The van der Waals surface area contributed by atoms with Crippen LogP contribution in [0, 0.1) is 0 Å². The summed E-state index contributed by atoms with van der Waals surface area (Å²) in [5.41, 5.74) is 0. The summed E-state index contributed by atoms with van der Waals surface area (Å²) in [6, 6.07) is 0. The van der Waals surface area contributed by atoms with Gasteiger partial charge in [0.25, 0.3) is 19.2 Å². The Hall–Kier alpha value is 2.12. The zero-order valence-corrected chi connectivity index (χ0v) is 20.4. The number of hydrogen-bond acceptors (Lipinski definition) is 5. The summed E-state index contributed by atoms with van der Waals surface area (Å²) < 4.78 is 21.6. The third kappa shape index (κ3) is 4.67. The number of rotatable bonds is 12. The molecule has 2 saturated heterocycles. The fourth-order valence-corrected chi connectivity index (χ4v) is 4.61. The summed E-state index contributed by atoms with van der Waals surface area (Å²) in [6.45, 7) is 4.44. The molecule has 0 aromatic heterocycles. The molecule has 0 spiro atoms. The quantitative estimate of drug-likeness (QED) is 0.156. The molecule has 0 amide bonds. The van der Waals surface area contributed by atoms with Gasteiger partial charge in [-0.3, -0.25) is 9.47 Å². The minimum atomic E-state index is -2.39. The highest BCUT2D eigenvalue weighted by Gasteiger charge is 2.87. The smallest absolute Gasteiger partial charge is 0.301 e. The van der Waals surface area contributed by atoms with E-state index in [2.05, 4.69) is 0 Å². The molecule has 4 unspecified atom stereocenters. The number of unbranched alkanes of at least 4 members (excludes halogenated alkanes) is 2. The van der Waals surface area contributed by atoms with Gasteiger partial charge in [0.2, 0.25) is 0 Å². The standard InChI is InChI=1S/C14H18Cl8O5/c1-3-5-7-23-13(21)9(15,25-13)11(17,18)27-12(19,20)10(16)14(22,26-10)24-8-6-4-2/h3-8H2,1-2H3. The molecule has 2 heterocycles. The Labute approximate surface area is 197 Å². The Kier molecular flexibility index (Phi) is 8.06. The van der Waals surface area contributed by atoms with Gasteiger partial charge in [-0.25, -0.2) is 0 Å². The molecule has 5 nitrogen and oxygen atoms in total. The van der Waals surface area contributed by atoms with Gasteiger partial charge >= 0.3 is 10.5 Å². The maximum atomic E-state index is 6.24. The van der Waals surface area contributed by atoms with Gasteiger partial charge in [-0.05, 0) is 12.8 Å². The van der Waals surface area contributed by atoms with Crippen LogP contribution in [0.2, 0.25) is 0 Å². The van der Waals surface area contributed by atoms with Gasteiger partial charge in [0.15, 0.2) is 0 Å². The lowest BCUT2D eigenvalue weighted by Crippen LogP contribution is -2.48. The third-order valence-electron chi connectivity index (χ3n) is 3.80. The Morgan fingerprint density at radius 3 is 1.33 bits per heavy atom. The van der Waals surface area contributed by atoms with Crippen LogP contribution in [0.25, 0.3) is 0 Å². The van der Waals surface area contributed by atoms with Gasteiger partial charge < -0.3 is 14.2 Å². The van der Waals surface area contributed by atoms with Gasteiger partial charge in [-0.15, -0.1) is 0 Å². The van der Waals surface area contributed by atoms with E-state index in [0.717, 1.165) is 12.8 Å². The first-order valence-electron chi connectivity index (χ1n) is 8.14. The van der Waals surface area contributed by atoms with E-state index < -0.39 is 29.7 Å². The lowest BCUT2D eigenvalue weighted by atomic mass is 10.3. The first-order chi connectivity index (χ1) is 12.2. The molecule has 0 N–H and O–H groups in total. The molecule has 0 aromatic rings. The zero-order chi connectivity index (χ0) is 20.8. The van der Waals surface area contributed by atoms with Crippen molar-refractivity contribution in [2.75, 3.05) is 13.2 Å². The van der Waals surface area contributed by atoms with Gasteiger partial charge in [-0.2, -0.15) is 0 Å². The summed E-state index contributed by atoms with van der Waals surface area (Å²) in [5, 5.41) is -7.71. The Bertz CT molecular complexity index is 508. The maximum absolute atomic E-state index is 6.24. The lowest BCUT2D eigenvalue weighted by molar-refractivity contribution is -0.0231. The van der Waals surface area contributed by atoms with E-state index in [1.807, 2.05) is 13.8 Å². The molecule has 13 heteroatoms. The minimum Gasteiger partial charge on any atom is -0.334 e. The van der Waals surface area contributed by atoms with Crippen molar-refractivity contribution in [3.63, 3.8) is 0 Å². The van der Waals surface area contributed by atoms with Crippen molar-refractivity contribution in [1.82, 2.24) is 0 Å². The van der Waals surface area contributed by atoms with Crippen molar-refractivity contribution < 1.29 is 23.7 Å². The van der Waals surface area contributed by atoms with Crippen LogP contribution in [0.15, 0.2) is 0 Å². The van der Waals surface area contributed by atoms with E-state index >= 15 is 0 Å². The second-order valence-corrected chi connectivity index (χ2v) is 10.6. The molecule has 4 atom stereocenters. The van der Waals surface area contributed by atoms with Crippen LogP contribution < -0.4 is 0 Å². The fraction of sp³-hybridized carbons (Fsp3) is 1.00. The van der Waals surface area contributed by atoms with Crippen LogP contribution in [0.3, 0.4) is 0 Å². The Morgan fingerprint density at radius 2 is 1.04 bits per heavy atom. The summed E-state index contributed by atoms with van der Waals surface area (Å²) in [7, 11) is 0. The number of alkyl halides is 8. The normalized spacial score (nSPS) is 38.9. The second-order valence-electron chi connectivity index (χ2n) is 6.01. The van der Waals surface area contributed by atoms with Crippen molar-refractivity contribution in [1.29, 1.82) is 0 Å². The van der Waals surface area contributed by atoms with Gasteiger partial charge in [0.1, 0.15) is 0 Å². The zero-order valence-electron chi connectivity index (χ0n) is 14.3. The maximum Gasteiger partial charge on any atom is 0.301 e. The molecule has 0 bridgehead atoms. The molecule has 0 aromatic carbocycles. The third-order valence-corrected chi connectivity index (χ3v) is 7.85. The van der Waals surface area contributed by atoms with Gasteiger partial charge in [0, 0.05) is 0 Å². The first-order valence-corrected chi connectivity index (χ1v) is 11.2. The van der Waals surface area contributed by atoms with E-state index in [0.29, 0.717) is 12.8 Å². The molecule has 0 radical (unpaired) electrons.